The van der Waals surface area contributed by atoms with Gasteiger partial charge in [0.15, 0.2) is 0 Å². The second kappa shape index (κ2) is 5.62. The Kier molecular flexibility index (Phi) is 3.83. The third kappa shape index (κ3) is 2.49. The molecular weight excluding hydrogens is 286 g/mol. The highest BCUT2D eigenvalue weighted by Crippen LogP contribution is 2.33. The summed E-state index contributed by atoms with van der Waals surface area (Å²) < 4.78 is 0. The van der Waals surface area contributed by atoms with E-state index in [0.717, 1.165) is 42.5 Å². The van der Waals surface area contributed by atoms with Crippen LogP contribution in [0.3, 0.4) is 0 Å². The molecule has 2 heterocycles. The van der Waals surface area contributed by atoms with Crippen molar-refractivity contribution in [3.63, 3.8) is 0 Å². The second-order valence-corrected chi connectivity index (χ2v) is 5.92. The van der Waals surface area contributed by atoms with Crippen LogP contribution in [0.15, 0.2) is 30.5 Å². The van der Waals surface area contributed by atoms with Crippen molar-refractivity contribution < 1.29 is 4.79 Å². The molecule has 21 heavy (non-hydrogen) atoms. The molecule has 1 aromatic carbocycles. The molecule has 2 N–H and O–H groups in total. The fourth-order valence-electron chi connectivity index (χ4n) is 2.89. The highest BCUT2D eigenvalue weighted by Gasteiger charge is 2.39. The number of carbonyl (C=O) groups is 1. The summed E-state index contributed by atoms with van der Waals surface area (Å²) >= 11 is 6.18. The Morgan fingerprint density at radius 3 is 3.05 bits per heavy atom. The fraction of sp³-hybridized carbons (Fsp3) is 0.375. The van der Waals surface area contributed by atoms with Gasteiger partial charge in [0.25, 0.3) is 0 Å². The van der Waals surface area contributed by atoms with E-state index in [9.17, 15) is 4.79 Å². The number of hydrogen-bond acceptors (Lipinski definition) is 3. The molecule has 0 aliphatic carbocycles. The van der Waals surface area contributed by atoms with Crippen LogP contribution >= 0.6 is 11.6 Å². The summed E-state index contributed by atoms with van der Waals surface area (Å²) in [7, 11) is 0. The minimum atomic E-state index is -0.319. The van der Waals surface area contributed by atoms with E-state index < -0.39 is 0 Å². The maximum absolute atomic E-state index is 12.7. The van der Waals surface area contributed by atoms with Gasteiger partial charge >= 0.3 is 0 Å². The number of nitrogens with one attached hydrogen (secondary N) is 2. The zero-order chi connectivity index (χ0) is 14.9. The lowest BCUT2D eigenvalue weighted by atomic mass is 9.83. The summed E-state index contributed by atoms with van der Waals surface area (Å²) in [5, 5.41) is 7.82. The zero-order valence-corrected chi connectivity index (χ0v) is 12.7. The Bertz CT molecular complexity index is 680. The van der Waals surface area contributed by atoms with Crippen molar-refractivity contribution in [3.05, 3.63) is 35.5 Å². The first-order valence-corrected chi connectivity index (χ1v) is 7.59. The molecule has 1 aliphatic rings. The maximum Gasteiger partial charge on any atom is 0.231 e. The number of anilines is 1. The molecule has 1 amide bonds. The summed E-state index contributed by atoms with van der Waals surface area (Å²) in [6, 6.07) is 7.37. The highest BCUT2D eigenvalue weighted by atomic mass is 35.5. The molecule has 1 fully saturated rings. The van der Waals surface area contributed by atoms with Gasteiger partial charge in [-0.3, -0.25) is 9.78 Å². The van der Waals surface area contributed by atoms with Crippen molar-refractivity contribution in [1.82, 2.24) is 10.3 Å². The molecule has 0 bridgehead atoms. The summed E-state index contributed by atoms with van der Waals surface area (Å²) in [6.07, 6.45) is 3.40. The lowest BCUT2D eigenvalue weighted by molar-refractivity contribution is -0.124. The van der Waals surface area contributed by atoms with Gasteiger partial charge in [-0.2, -0.15) is 0 Å². The minimum Gasteiger partial charge on any atom is -0.324 e. The quantitative estimate of drug-likeness (QED) is 0.915. The van der Waals surface area contributed by atoms with Crippen LogP contribution in [0.2, 0.25) is 5.02 Å². The van der Waals surface area contributed by atoms with E-state index in [0.29, 0.717) is 5.02 Å². The first-order valence-electron chi connectivity index (χ1n) is 7.22. The highest BCUT2D eigenvalue weighted by molar-refractivity contribution is 6.35. The third-order valence-electron chi connectivity index (χ3n) is 4.37. The molecule has 3 rings (SSSR count). The smallest absolute Gasteiger partial charge is 0.231 e. The number of amides is 1. The Morgan fingerprint density at radius 1 is 1.48 bits per heavy atom. The van der Waals surface area contributed by atoms with Gasteiger partial charge in [-0.1, -0.05) is 18.5 Å². The number of benzene rings is 1. The Morgan fingerprint density at radius 2 is 2.33 bits per heavy atom. The van der Waals surface area contributed by atoms with Gasteiger partial charge in [0.2, 0.25) is 5.91 Å². The standard InChI is InChI=1S/C16H18ClN3O/c1-2-16(7-9-18-10-16)15(21)20-13-6-5-12(17)11-4-3-8-19-14(11)13/h3-6,8,18H,2,7,9-10H2,1H3,(H,20,21). The Balaban J connectivity index is 1.95. The number of nitrogens with zero attached hydrogens (tertiary/aromatic N) is 1. The number of aromatic nitrogens is 1. The van der Waals surface area contributed by atoms with Gasteiger partial charge in [-0.15, -0.1) is 0 Å². The molecule has 110 valence electrons. The monoisotopic (exact) mass is 303 g/mol. The number of halogens is 1. The fourth-order valence-corrected chi connectivity index (χ4v) is 3.11. The lowest BCUT2D eigenvalue weighted by Gasteiger charge is -2.25. The topological polar surface area (TPSA) is 54.0 Å². The molecule has 1 aromatic heterocycles. The van der Waals surface area contributed by atoms with Gasteiger partial charge in [-0.05, 0) is 43.7 Å². The first kappa shape index (κ1) is 14.3. The predicted molar refractivity (Wildman–Crippen MR) is 85.6 cm³/mol. The second-order valence-electron chi connectivity index (χ2n) is 5.51. The van der Waals surface area contributed by atoms with Gasteiger partial charge in [0.1, 0.15) is 0 Å². The van der Waals surface area contributed by atoms with Crippen LogP contribution < -0.4 is 10.6 Å². The van der Waals surface area contributed by atoms with Gasteiger partial charge < -0.3 is 10.6 Å². The van der Waals surface area contributed by atoms with Gasteiger partial charge in [-0.25, -0.2) is 0 Å². The Hall–Kier alpha value is -1.65. The normalized spacial score (nSPS) is 21.6. The zero-order valence-electron chi connectivity index (χ0n) is 11.9. The van der Waals surface area contributed by atoms with Gasteiger partial charge in [0.05, 0.1) is 21.6 Å². The van der Waals surface area contributed by atoms with Crippen molar-refractivity contribution in [2.75, 3.05) is 18.4 Å². The van der Waals surface area contributed by atoms with E-state index in [4.69, 9.17) is 11.6 Å². The van der Waals surface area contributed by atoms with E-state index in [1.54, 1.807) is 12.3 Å². The average Bonchev–Trinajstić information content (AvgIpc) is 3.00. The lowest BCUT2D eigenvalue weighted by Crippen LogP contribution is -2.37. The molecule has 4 nitrogen and oxygen atoms in total. The van der Waals surface area contributed by atoms with E-state index in [1.165, 1.54) is 0 Å². The first-order chi connectivity index (χ1) is 10.2. The molecule has 0 saturated carbocycles. The molecule has 1 saturated heterocycles. The molecule has 0 radical (unpaired) electrons. The number of hydrogen-bond donors (Lipinski definition) is 2. The third-order valence-corrected chi connectivity index (χ3v) is 4.70. The number of carbonyl (C=O) groups excluding carboxylic acids is 1. The van der Waals surface area contributed by atoms with E-state index in [2.05, 4.69) is 22.5 Å². The molecular formula is C16H18ClN3O. The van der Waals surface area contributed by atoms with Crippen molar-refractivity contribution in [3.8, 4) is 0 Å². The maximum atomic E-state index is 12.7. The molecule has 2 aromatic rings. The number of fused-ring (bicyclic) bond motifs is 1. The molecule has 0 spiro atoms. The van der Waals surface area contributed by atoms with Crippen LogP contribution in [-0.2, 0) is 4.79 Å². The van der Waals surface area contributed by atoms with Crippen molar-refractivity contribution in [1.29, 1.82) is 0 Å². The SMILES string of the molecule is CCC1(C(=O)Nc2ccc(Cl)c3cccnc23)CCNC1. The van der Waals surface area contributed by atoms with Crippen LogP contribution in [0.4, 0.5) is 5.69 Å². The molecule has 1 atom stereocenters. The van der Waals surface area contributed by atoms with Crippen molar-refractivity contribution >= 4 is 34.1 Å². The van der Waals surface area contributed by atoms with Crippen molar-refractivity contribution in [2.45, 2.75) is 19.8 Å². The summed E-state index contributed by atoms with van der Waals surface area (Å²) in [6.45, 7) is 3.68. The molecule has 1 unspecified atom stereocenters. The van der Waals surface area contributed by atoms with Crippen LogP contribution in [-0.4, -0.2) is 24.0 Å². The summed E-state index contributed by atoms with van der Waals surface area (Å²) in [5.74, 6) is 0.0595. The van der Waals surface area contributed by atoms with Crippen molar-refractivity contribution in [2.24, 2.45) is 5.41 Å². The minimum absolute atomic E-state index is 0.0595. The van der Waals surface area contributed by atoms with Gasteiger partial charge in [0, 0.05) is 18.1 Å². The molecule has 1 aliphatic heterocycles. The summed E-state index contributed by atoms with van der Waals surface area (Å²) in [5.41, 5.74) is 1.14. The van der Waals surface area contributed by atoms with E-state index in [-0.39, 0.29) is 11.3 Å². The average molecular weight is 304 g/mol. The van der Waals surface area contributed by atoms with Crippen LogP contribution in [0.5, 0.6) is 0 Å². The van der Waals surface area contributed by atoms with Crippen LogP contribution in [0.1, 0.15) is 19.8 Å². The number of pyridine rings is 1. The van der Waals surface area contributed by atoms with Crippen LogP contribution in [0, 0.1) is 5.41 Å². The van der Waals surface area contributed by atoms with E-state index >= 15 is 0 Å². The van der Waals surface area contributed by atoms with Crippen LogP contribution in [0.25, 0.3) is 10.9 Å². The largest absolute Gasteiger partial charge is 0.324 e. The van der Waals surface area contributed by atoms with E-state index in [1.807, 2.05) is 18.2 Å². The predicted octanol–water partition coefficient (Wildman–Crippen LogP) is 3.22. The number of rotatable bonds is 3. The molecule has 5 heteroatoms. The Labute approximate surface area is 128 Å². The summed E-state index contributed by atoms with van der Waals surface area (Å²) in [4.78, 5) is 17.0.